The fraction of sp³-hybridized carbons (Fsp3) is 0.600. The van der Waals surface area contributed by atoms with Gasteiger partial charge in [0.15, 0.2) is 11.5 Å². The monoisotopic (exact) mass is 296 g/mol. The molecule has 3 rings (SSSR count). The van der Waals surface area contributed by atoms with E-state index in [0.717, 1.165) is 17.9 Å². The lowest BCUT2D eigenvalue weighted by atomic mass is 9.97. The van der Waals surface area contributed by atoms with Gasteiger partial charge in [0, 0.05) is 18.1 Å². The maximum absolute atomic E-state index is 6.29. The molecule has 4 nitrogen and oxygen atoms in total. The first-order chi connectivity index (χ1) is 9.53. The molecule has 2 N–H and O–H groups in total. The molecule has 1 fully saturated rings. The van der Waals surface area contributed by atoms with Gasteiger partial charge in [-0.1, -0.05) is 11.6 Å². The predicted molar refractivity (Wildman–Crippen MR) is 79.4 cm³/mol. The van der Waals surface area contributed by atoms with Gasteiger partial charge in [-0.05, 0) is 50.9 Å². The van der Waals surface area contributed by atoms with Crippen LogP contribution in [0.25, 0.3) is 0 Å². The second-order valence-corrected chi connectivity index (χ2v) is 6.50. The maximum atomic E-state index is 6.29. The summed E-state index contributed by atoms with van der Waals surface area (Å²) in [6, 6.07) is 4.14. The van der Waals surface area contributed by atoms with Crippen molar-refractivity contribution in [3.63, 3.8) is 0 Å². The topological polar surface area (TPSA) is 47.7 Å². The molecule has 1 atom stereocenters. The highest BCUT2D eigenvalue weighted by Gasteiger charge is 2.37. The number of likely N-dealkylation sites (tertiary alicyclic amines) is 1. The van der Waals surface area contributed by atoms with Gasteiger partial charge < -0.3 is 15.2 Å². The van der Waals surface area contributed by atoms with Crippen molar-refractivity contribution in [1.82, 2.24) is 4.90 Å². The second-order valence-electron chi connectivity index (χ2n) is 6.10. The first kappa shape index (κ1) is 14.0. The number of hydrogen-bond acceptors (Lipinski definition) is 4. The molecule has 1 unspecified atom stereocenters. The Labute approximate surface area is 124 Å². The molecule has 0 spiro atoms. The van der Waals surface area contributed by atoms with E-state index in [9.17, 15) is 0 Å². The highest BCUT2D eigenvalue weighted by molar-refractivity contribution is 6.32. The van der Waals surface area contributed by atoms with Crippen LogP contribution in [0.3, 0.4) is 0 Å². The molecule has 1 aromatic carbocycles. The number of fused-ring (bicyclic) bond motifs is 1. The molecule has 1 saturated heterocycles. The zero-order valence-electron chi connectivity index (χ0n) is 12.0. The van der Waals surface area contributed by atoms with Crippen molar-refractivity contribution in [2.45, 2.75) is 38.3 Å². The predicted octanol–water partition coefficient (Wildman–Crippen LogP) is 2.94. The largest absolute Gasteiger partial charge is 0.454 e. The van der Waals surface area contributed by atoms with Crippen molar-refractivity contribution >= 4 is 11.6 Å². The van der Waals surface area contributed by atoms with E-state index in [1.165, 1.54) is 12.8 Å². The number of benzene rings is 1. The van der Waals surface area contributed by atoms with Gasteiger partial charge in [-0.15, -0.1) is 0 Å². The Hall–Kier alpha value is -0.970. The van der Waals surface area contributed by atoms with Crippen molar-refractivity contribution in [2.75, 3.05) is 19.9 Å². The van der Waals surface area contributed by atoms with E-state index in [4.69, 9.17) is 26.8 Å². The van der Waals surface area contributed by atoms with Crippen LogP contribution in [0.1, 0.15) is 38.3 Å². The minimum absolute atomic E-state index is 0.166. The molecule has 2 aliphatic rings. The highest BCUT2D eigenvalue weighted by Crippen LogP contribution is 2.43. The van der Waals surface area contributed by atoms with Crippen molar-refractivity contribution < 1.29 is 9.47 Å². The van der Waals surface area contributed by atoms with E-state index in [2.05, 4.69) is 18.7 Å². The SMILES string of the molecule is CC1(C)CCCN1C(CN)c1cc(Cl)c2c(c1)OCO2. The Balaban J connectivity index is 1.96. The number of nitrogens with zero attached hydrogens (tertiary/aromatic N) is 1. The average molecular weight is 297 g/mol. The number of nitrogens with two attached hydrogens (primary N) is 1. The van der Waals surface area contributed by atoms with Crippen LogP contribution in [0.5, 0.6) is 11.5 Å². The van der Waals surface area contributed by atoms with Gasteiger partial charge in [-0.2, -0.15) is 0 Å². The van der Waals surface area contributed by atoms with E-state index < -0.39 is 0 Å². The number of halogens is 1. The third kappa shape index (κ3) is 2.26. The Morgan fingerprint density at radius 1 is 1.40 bits per heavy atom. The molecule has 2 aliphatic heterocycles. The Kier molecular flexibility index (Phi) is 3.56. The van der Waals surface area contributed by atoms with Crippen LogP contribution in [0, 0.1) is 0 Å². The lowest BCUT2D eigenvalue weighted by Crippen LogP contribution is -2.43. The molecule has 0 aliphatic carbocycles. The minimum Gasteiger partial charge on any atom is -0.454 e. The van der Waals surface area contributed by atoms with Gasteiger partial charge in [-0.25, -0.2) is 0 Å². The summed E-state index contributed by atoms with van der Waals surface area (Å²) in [5.74, 6) is 1.37. The van der Waals surface area contributed by atoms with E-state index in [-0.39, 0.29) is 18.4 Å². The Morgan fingerprint density at radius 3 is 2.85 bits per heavy atom. The molecule has 5 heteroatoms. The molecular weight excluding hydrogens is 276 g/mol. The lowest BCUT2D eigenvalue weighted by Gasteiger charge is -2.38. The fourth-order valence-corrected chi connectivity index (χ4v) is 3.60. The average Bonchev–Trinajstić information content (AvgIpc) is 2.98. The maximum Gasteiger partial charge on any atom is 0.231 e. The molecule has 0 radical (unpaired) electrons. The van der Waals surface area contributed by atoms with Gasteiger partial charge in [0.05, 0.1) is 5.02 Å². The van der Waals surface area contributed by atoms with Crippen LogP contribution in [-0.2, 0) is 0 Å². The summed E-state index contributed by atoms with van der Waals surface area (Å²) in [6.45, 7) is 6.43. The van der Waals surface area contributed by atoms with Crippen molar-refractivity contribution in [2.24, 2.45) is 5.73 Å². The summed E-state index contributed by atoms with van der Waals surface area (Å²) in [7, 11) is 0. The quantitative estimate of drug-likeness (QED) is 0.931. The third-order valence-corrected chi connectivity index (χ3v) is 4.68. The molecule has 20 heavy (non-hydrogen) atoms. The summed E-state index contributed by atoms with van der Waals surface area (Å²) in [6.07, 6.45) is 2.41. The zero-order valence-corrected chi connectivity index (χ0v) is 12.7. The summed E-state index contributed by atoms with van der Waals surface area (Å²) in [5.41, 5.74) is 7.33. The van der Waals surface area contributed by atoms with Crippen LogP contribution >= 0.6 is 11.6 Å². The van der Waals surface area contributed by atoms with Crippen molar-refractivity contribution in [3.05, 3.63) is 22.7 Å². The van der Waals surface area contributed by atoms with Crippen molar-refractivity contribution in [3.8, 4) is 11.5 Å². The molecule has 1 aromatic rings. The molecule has 110 valence electrons. The molecule has 0 amide bonds. The number of rotatable bonds is 3. The van der Waals surface area contributed by atoms with Crippen LogP contribution < -0.4 is 15.2 Å². The number of ether oxygens (including phenoxy) is 2. The first-order valence-corrected chi connectivity index (χ1v) is 7.46. The van der Waals surface area contributed by atoms with Gasteiger partial charge >= 0.3 is 0 Å². The highest BCUT2D eigenvalue weighted by atomic mass is 35.5. The normalized spacial score (nSPS) is 22.2. The fourth-order valence-electron chi connectivity index (χ4n) is 3.33. The third-order valence-electron chi connectivity index (χ3n) is 4.40. The summed E-state index contributed by atoms with van der Waals surface area (Å²) < 4.78 is 10.8. The van der Waals surface area contributed by atoms with E-state index in [1.54, 1.807) is 0 Å². The smallest absolute Gasteiger partial charge is 0.231 e. The van der Waals surface area contributed by atoms with Crippen LogP contribution in [-0.4, -0.2) is 30.3 Å². The van der Waals surface area contributed by atoms with Gasteiger partial charge in [0.2, 0.25) is 6.79 Å². The Morgan fingerprint density at radius 2 is 2.20 bits per heavy atom. The first-order valence-electron chi connectivity index (χ1n) is 7.09. The second kappa shape index (κ2) is 5.10. The molecular formula is C15H21ClN2O2. The molecule has 2 heterocycles. The van der Waals surface area contributed by atoms with Gasteiger partial charge in [-0.3, -0.25) is 4.90 Å². The van der Waals surface area contributed by atoms with E-state index in [0.29, 0.717) is 17.3 Å². The summed E-state index contributed by atoms with van der Waals surface area (Å²) in [5, 5.41) is 0.602. The van der Waals surface area contributed by atoms with Gasteiger partial charge in [0.25, 0.3) is 0 Å². The van der Waals surface area contributed by atoms with Crippen LogP contribution in [0.4, 0.5) is 0 Å². The molecule has 0 aromatic heterocycles. The zero-order chi connectivity index (χ0) is 14.3. The molecule has 0 saturated carbocycles. The van der Waals surface area contributed by atoms with Crippen molar-refractivity contribution in [1.29, 1.82) is 0 Å². The summed E-state index contributed by atoms with van der Waals surface area (Å²) >= 11 is 6.29. The summed E-state index contributed by atoms with van der Waals surface area (Å²) in [4.78, 5) is 2.47. The van der Waals surface area contributed by atoms with Crippen LogP contribution in [0.2, 0.25) is 5.02 Å². The lowest BCUT2D eigenvalue weighted by molar-refractivity contribution is 0.119. The molecule has 0 bridgehead atoms. The Bertz CT molecular complexity index is 519. The van der Waals surface area contributed by atoms with E-state index >= 15 is 0 Å². The van der Waals surface area contributed by atoms with Crippen LogP contribution in [0.15, 0.2) is 12.1 Å². The van der Waals surface area contributed by atoms with E-state index in [1.807, 2.05) is 12.1 Å². The standard InChI is InChI=1S/C15H21ClN2O2/c1-15(2)4-3-5-18(15)12(8-17)10-6-11(16)14-13(7-10)19-9-20-14/h6-7,12H,3-5,8-9,17H2,1-2H3. The minimum atomic E-state index is 0.166. The number of hydrogen-bond donors (Lipinski definition) is 1. The van der Waals surface area contributed by atoms with Gasteiger partial charge in [0.1, 0.15) is 0 Å².